The fraction of sp³-hybridized carbons (Fsp3) is 0.471. The third-order valence-electron chi connectivity index (χ3n) is 4.17. The highest BCUT2D eigenvalue weighted by Gasteiger charge is 2.23. The van der Waals surface area contributed by atoms with Gasteiger partial charge in [0.05, 0.1) is 23.9 Å². The SMILES string of the molecule is Cc1ncsc1CN(C[C@H]1CCNC1)C(=O)COc1cccnc1. The number of rotatable bonds is 7. The molecule has 1 amide bonds. The van der Waals surface area contributed by atoms with E-state index in [1.165, 1.54) is 0 Å². The summed E-state index contributed by atoms with van der Waals surface area (Å²) in [6, 6.07) is 3.60. The summed E-state index contributed by atoms with van der Waals surface area (Å²) in [6.07, 6.45) is 4.40. The molecular formula is C17H22N4O2S. The molecule has 7 heteroatoms. The van der Waals surface area contributed by atoms with Crippen LogP contribution in [-0.4, -0.2) is 47.0 Å². The Kier molecular flexibility index (Phi) is 5.77. The van der Waals surface area contributed by atoms with E-state index in [1.807, 2.05) is 17.3 Å². The van der Waals surface area contributed by atoms with Crippen LogP contribution in [0, 0.1) is 12.8 Å². The van der Waals surface area contributed by atoms with Crippen LogP contribution in [0.5, 0.6) is 5.75 Å². The van der Waals surface area contributed by atoms with Gasteiger partial charge in [0.15, 0.2) is 6.61 Å². The van der Waals surface area contributed by atoms with Crippen LogP contribution in [0.3, 0.4) is 0 Å². The minimum Gasteiger partial charge on any atom is -0.482 e. The number of hydrogen-bond acceptors (Lipinski definition) is 6. The molecule has 0 aromatic carbocycles. The van der Waals surface area contributed by atoms with E-state index >= 15 is 0 Å². The van der Waals surface area contributed by atoms with Crippen molar-refractivity contribution in [2.24, 2.45) is 5.92 Å². The smallest absolute Gasteiger partial charge is 0.260 e. The Morgan fingerprint density at radius 3 is 3.12 bits per heavy atom. The predicted octanol–water partition coefficient (Wildman–Crippen LogP) is 1.86. The number of nitrogens with one attached hydrogen (secondary N) is 1. The number of carbonyl (C=O) groups excluding carboxylic acids is 1. The second-order valence-electron chi connectivity index (χ2n) is 5.97. The van der Waals surface area contributed by atoms with Crippen LogP contribution < -0.4 is 10.1 Å². The number of ether oxygens (including phenoxy) is 1. The summed E-state index contributed by atoms with van der Waals surface area (Å²) in [7, 11) is 0. The van der Waals surface area contributed by atoms with Gasteiger partial charge in [0.1, 0.15) is 5.75 Å². The van der Waals surface area contributed by atoms with E-state index in [9.17, 15) is 4.79 Å². The molecule has 0 unspecified atom stereocenters. The lowest BCUT2D eigenvalue weighted by Gasteiger charge is -2.25. The van der Waals surface area contributed by atoms with E-state index in [4.69, 9.17) is 4.74 Å². The van der Waals surface area contributed by atoms with E-state index in [-0.39, 0.29) is 12.5 Å². The summed E-state index contributed by atoms with van der Waals surface area (Å²) in [4.78, 5) is 24.0. The molecule has 24 heavy (non-hydrogen) atoms. The second kappa shape index (κ2) is 8.21. The molecule has 0 spiro atoms. The topological polar surface area (TPSA) is 67.4 Å². The minimum absolute atomic E-state index is 0.00134. The second-order valence-corrected chi connectivity index (χ2v) is 6.91. The van der Waals surface area contributed by atoms with Gasteiger partial charge in [-0.15, -0.1) is 11.3 Å². The third kappa shape index (κ3) is 4.52. The quantitative estimate of drug-likeness (QED) is 0.829. The Labute approximate surface area is 145 Å². The molecule has 3 heterocycles. The standard InChI is InChI=1S/C17H22N4O2S/c1-13-16(24-12-20-13)10-21(9-14-4-6-19-7-14)17(22)11-23-15-3-2-5-18-8-15/h2-3,5,8,12,14,19H,4,6-7,9-11H2,1H3/t14-/m0/s1. The largest absolute Gasteiger partial charge is 0.482 e. The van der Waals surface area contributed by atoms with Crippen molar-refractivity contribution in [3.63, 3.8) is 0 Å². The molecule has 0 bridgehead atoms. The van der Waals surface area contributed by atoms with Crippen molar-refractivity contribution in [1.29, 1.82) is 0 Å². The van der Waals surface area contributed by atoms with Gasteiger partial charge in [0, 0.05) is 17.6 Å². The fourth-order valence-electron chi connectivity index (χ4n) is 2.76. The van der Waals surface area contributed by atoms with Gasteiger partial charge in [0.2, 0.25) is 0 Å². The average Bonchev–Trinajstić information content (AvgIpc) is 3.25. The molecule has 1 N–H and O–H groups in total. The zero-order valence-corrected chi connectivity index (χ0v) is 14.6. The number of carbonyl (C=O) groups is 1. The minimum atomic E-state index is -0.00134. The van der Waals surface area contributed by atoms with E-state index < -0.39 is 0 Å². The maximum absolute atomic E-state index is 12.7. The van der Waals surface area contributed by atoms with Gasteiger partial charge in [-0.1, -0.05) is 0 Å². The summed E-state index contributed by atoms with van der Waals surface area (Å²) in [5, 5.41) is 3.36. The number of amides is 1. The van der Waals surface area contributed by atoms with Crippen LogP contribution in [0.4, 0.5) is 0 Å². The van der Waals surface area contributed by atoms with Gasteiger partial charge in [-0.3, -0.25) is 9.78 Å². The lowest BCUT2D eigenvalue weighted by atomic mass is 10.1. The first-order valence-corrected chi connectivity index (χ1v) is 9.00. The normalized spacial score (nSPS) is 17.0. The third-order valence-corrected chi connectivity index (χ3v) is 5.09. The van der Waals surface area contributed by atoms with Crippen molar-refractivity contribution in [2.45, 2.75) is 19.9 Å². The van der Waals surface area contributed by atoms with Crippen molar-refractivity contribution in [2.75, 3.05) is 26.2 Å². The number of hydrogen-bond donors (Lipinski definition) is 1. The van der Waals surface area contributed by atoms with Gasteiger partial charge in [-0.25, -0.2) is 4.98 Å². The van der Waals surface area contributed by atoms with Crippen molar-refractivity contribution >= 4 is 17.2 Å². The summed E-state index contributed by atoms with van der Waals surface area (Å²) in [6.45, 7) is 5.36. The maximum atomic E-state index is 12.7. The Morgan fingerprint density at radius 2 is 2.46 bits per heavy atom. The van der Waals surface area contributed by atoms with E-state index in [0.29, 0.717) is 18.2 Å². The number of nitrogens with zero attached hydrogens (tertiary/aromatic N) is 3. The first-order valence-electron chi connectivity index (χ1n) is 8.12. The number of thiazole rings is 1. The lowest BCUT2D eigenvalue weighted by molar-refractivity contribution is -0.134. The average molecular weight is 346 g/mol. The van der Waals surface area contributed by atoms with E-state index in [2.05, 4.69) is 15.3 Å². The highest BCUT2D eigenvalue weighted by Crippen LogP contribution is 2.18. The fourth-order valence-corrected chi connectivity index (χ4v) is 3.55. The number of aromatic nitrogens is 2. The lowest BCUT2D eigenvalue weighted by Crippen LogP contribution is -2.38. The van der Waals surface area contributed by atoms with Crippen LogP contribution >= 0.6 is 11.3 Å². The molecule has 0 aliphatic carbocycles. The van der Waals surface area contributed by atoms with Crippen molar-refractivity contribution in [1.82, 2.24) is 20.2 Å². The van der Waals surface area contributed by atoms with Gasteiger partial charge in [0.25, 0.3) is 5.91 Å². The summed E-state index contributed by atoms with van der Waals surface area (Å²) < 4.78 is 5.58. The maximum Gasteiger partial charge on any atom is 0.260 e. The van der Waals surface area contributed by atoms with Gasteiger partial charge in [-0.05, 0) is 44.5 Å². The van der Waals surface area contributed by atoms with E-state index in [1.54, 1.807) is 35.9 Å². The van der Waals surface area contributed by atoms with Crippen LogP contribution in [0.25, 0.3) is 0 Å². The van der Waals surface area contributed by atoms with Crippen LogP contribution in [-0.2, 0) is 11.3 Å². The van der Waals surface area contributed by atoms with Gasteiger partial charge in [-0.2, -0.15) is 0 Å². The summed E-state index contributed by atoms with van der Waals surface area (Å²) in [5.41, 5.74) is 2.83. The Hall–Kier alpha value is -1.99. The van der Waals surface area contributed by atoms with Crippen molar-refractivity contribution in [3.8, 4) is 5.75 Å². The molecule has 0 radical (unpaired) electrons. The highest BCUT2D eigenvalue weighted by molar-refractivity contribution is 7.09. The predicted molar refractivity (Wildman–Crippen MR) is 93.0 cm³/mol. The molecule has 2 aromatic rings. The van der Waals surface area contributed by atoms with Gasteiger partial charge < -0.3 is 15.0 Å². The Balaban J connectivity index is 1.63. The van der Waals surface area contributed by atoms with Crippen LogP contribution in [0.2, 0.25) is 0 Å². The molecule has 6 nitrogen and oxygen atoms in total. The molecule has 0 saturated carbocycles. The van der Waals surface area contributed by atoms with Gasteiger partial charge >= 0.3 is 0 Å². The molecule has 1 saturated heterocycles. The molecule has 128 valence electrons. The summed E-state index contributed by atoms with van der Waals surface area (Å²) in [5.74, 6) is 1.11. The number of pyridine rings is 1. The molecule has 2 aromatic heterocycles. The zero-order chi connectivity index (χ0) is 16.8. The first-order chi connectivity index (χ1) is 11.7. The van der Waals surface area contributed by atoms with Crippen LogP contribution in [0.1, 0.15) is 17.0 Å². The molecule has 3 rings (SSSR count). The Bertz CT molecular complexity index is 656. The molecular weight excluding hydrogens is 324 g/mol. The molecule has 1 aliphatic rings. The first kappa shape index (κ1) is 16.9. The van der Waals surface area contributed by atoms with E-state index in [0.717, 1.165) is 36.6 Å². The van der Waals surface area contributed by atoms with Crippen LogP contribution in [0.15, 0.2) is 30.0 Å². The monoisotopic (exact) mass is 346 g/mol. The number of aryl methyl sites for hydroxylation is 1. The highest BCUT2D eigenvalue weighted by atomic mass is 32.1. The zero-order valence-electron chi connectivity index (χ0n) is 13.8. The molecule has 1 fully saturated rings. The molecule has 1 atom stereocenters. The van der Waals surface area contributed by atoms with Crippen molar-refractivity contribution < 1.29 is 9.53 Å². The van der Waals surface area contributed by atoms with Crippen molar-refractivity contribution in [3.05, 3.63) is 40.6 Å². The Morgan fingerprint density at radius 1 is 1.54 bits per heavy atom. The summed E-state index contributed by atoms with van der Waals surface area (Å²) >= 11 is 1.60. The molecule has 1 aliphatic heterocycles.